The molecule has 6 heavy (non-hydrogen) atoms. The molecule has 0 nitrogen and oxygen atoms in total. The van der Waals surface area contributed by atoms with Gasteiger partial charge in [0.1, 0.15) is 0 Å². The second kappa shape index (κ2) is 3.20. The fraction of sp³-hybridized carbons (Fsp3) is 0.833. The Morgan fingerprint density at radius 1 is 1.67 bits per heavy atom. The van der Waals surface area contributed by atoms with Crippen molar-refractivity contribution in [1.29, 1.82) is 0 Å². The first-order valence-electron chi connectivity index (χ1n) is 2.60. The Morgan fingerprint density at radius 2 is 2.17 bits per heavy atom. The molecule has 1 radical (unpaired) electrons. The van der Waals surface area contributed by atoms with Crippen molar-refractivity contribution >= 4 is 0 Å². The first kappa shape index (κ1) is 6.00. The molecule has 0 aromatic rings. The molecule has 37 valence electrons. The van der Waals surface area contributed by atoms with Crippen LogP contribution in [0.3, 0.4) is 0 Å². The van der Waals surface area contributed by atoms with Crippen molar-refractivity contribution in [3.05, 3.63) is 6.92 Å². The first-order valence-corrected chi connectivity index (χ1v) is 2.60. The van der Waals surface area contributed by atoms with E-state index in [1.807, 2.05) is 0 Å². The molecule has 0 saturated heterocycles. The van der Waals surface area contributed by atoms with E-state index in [0.717, 1.165) is 0 Å². The molecule has 0 aliphatic carbocycles. The number of rotatable bonds is 2. The molecule has 0 saturated carbocycles. The minimum absolute atomic E-state index is 0.648. The van der Waals surface area contributed by atoms with E-state index in [4.69, 9.17) is 0 Å². The smallest absolute Gasteiger partial charge is 0.0443 e. The summed E-state index contributed by atoms with van der Waals surface area (Å²) in [6.07, 6.45) is 2.53. The molecule has 0 aromatic heterocycles. The maximum atomic E-state index is 3.83. The van der Waals surface area contributed by atoms with Crippen molar-refractivity contribution in [2.75, 3.05) is 0 Å². The Hall–Kier alpha value is 0. The summed E-state index contributed by atoms with van der Waals surface area (Å²) in [5.41, 5.74) is 0. The predicted octanol–water partition coefficient (Wildman–Crippen LogP) is 2.26. The van der Waals surface area contributed by atoms with Crippen LogP contribution >= 0.6 is 0 Å². The molecule has 0 fully saturated rings. The molecule has 0 bridgehead atoms. The minimum atomic E-state index is 0.648. The summed E-state index contributed by atoms with van der Waals surface area (Å²) in [4.78, 5) is 0. The predicted molar refractivity (Wildman–Crippen MR) is 29.4 cm³/mol. The van der Waals surface area contributed by atoms with E-state index in [9.17, 15) is 0 Å². The van der Waals surface area contributed by atoms with Crippen LogP contribution in [-0.4, -0.2) is 0 Å². The van der Waals surface area contributed by atoms with Gasteiger partial charge in [-0.15, -0.1) is 0 Å². The molecule has 0 spiro atoms. The Balaban J connectivity index is 2.63. The van der Waals surface area contributed by atoms with Crippen molar-refractivity contribution in [3.63, 3.8) is 0 Å². The summed E-state index contributed by atoms with van der Waals surface area (Å²) < 4.78 is 0. The molecule has 0 N–H and O–H groups in total. The van der Waals surface area contributed by atoms with Crippen molar-refractivity contribution in [2.24, 2.45) is 5.92 Å². The molecule has 0 aliphatic heterocycles. The molecule has 0 heteroatoms. The van der Waals surface area contributed by atoms with E-state index in [0.29, 0.717) is 5.92 Å². The van der Waals surface area contributed by atoms with Gasteiger partial charge in [-0.25, -0.2) is 0 Å². The lowest BCUT2D eigenvalue weighted by atomic mass is 10.1. The monoisotopic (exact) mass is 85.1 g/mol. The van der Waals surface area contributed by atoms with Crippen LogP contribution in [0.2, 0.25) is 0 Å². The van der Waals surface area contributed by atoms with E-state index >= 15 is 0 Å². The third-order valence-corrected chi connectivity index (χ3v) is 0.781. The molecule has 0 rings (SSSR count). The van der Waals surface area contributed by atoms with Crippen LogP contribution in [-0.2, 0) is 0 Å². The van der Waals surface area contributed by atoms with E-state index in [2.05, 4.69) is 20.8 Å². The van der Waals surface area contributed by atoms with Gasteiger partial charge in [-0.1, -0.05) is 33.6 Å². The molecule has 0 heterocycles. The third-order valence-electron chi connectivity index (χ3n) is 0.781. The summed E-state index contributed by atoms with van der Waals surface area (Å²) >= 11 is 0. The van der Waals surface area contributed by atoms with Crippen LogP contribution in [0.1, 0.15) is 26.7 Å². The summed E-state index contributed by atoms with van der Waals surface area (Å²) in [6, 6.07) is 0. The lowest BCUT2D eigenvalue weighted by Crippen LogP contribution is -1.82. The highest BCUT2D eigenvalue weighted by Gasteiger charge is 1.85. The van der Waals surface area contributed by atoms with Gasteiger partial charge < -0.3 is 0 Å². The number of hydrogen-bond acceptors (Lipinski definition) is 0. The van der Waals surface area contributed by atoms with Crippen LogP contribution in [0.4, 0.5) is 0 Å². The quantitative estimate of drug-likeness (QED) is 0.482. The second-order valence-corrected chi connectivity index (χ2v) is 1.89. The average Bonchev–Trinajstić information content (AvgIpc) is 1.35. The molecular weight excluding hydrogens is 72.1 g/mol. The van der Waals surface area contributed by atoms with Gasteiger partial charge in [0, 0.05) is 0 Å². The Labute approximate surface area is 40.6 Å². The van der Waals surface area contributed by atoms with Crippen molar-refractivity contribution in [1.82, 2.24) is 0 Å². The molecule has 0 amide bonds. The van der Waals surface area contributed by atoms with Crippen LogP contribution in [0, 0.1) is 12.8 Å². The van der Waals surface area contributed by atoms with Crippen LogP contribution in [0.25, 0.3) is 0 Å². The summed E-state index contributed by atoms with van der Waals surface area (Å²) in [5.74, 6) is 0.648. The summed E-state index contributed by atoms with van der Waals surface area (Å²) in [6.45, 7) is 8.15. The first-order chi connectivity index (χ1) is 2.77. The van der Waals surface area contributed by atoms with E-state index in [-0.39, 0.29) is 0 Å². The highest BCUT2D eigenvalue weighted by Crippen LogP contribution is 1.99. The maximum Gasteiger partial charge on any atom is -0.0443 e. The lowest BCUT2D eigenvalue weighted by Gasteiger charge is -1.95. The highest BCUT2D eigenvalue weighted by atomic mass is 13.9. The fourth-order valence-corrected chi connectivity index (χ4v) is 0.493. The second-order valence-electron chi connectivity index (χ2n) is 1.89. The zero-order valence-corrected chi connectivity index (χ0v) is 4.70. The zero-order valence-electron chi connectivity index (χ0n) is 4.70. The number of hydrogen-bond donors (Lipinski definition) is 0. The van der Waals surface area contributed by atoms with E-state index < -0.39 is 0 Å². The topological polar surface area (TPSA) is 0 Å². The summed E-state index contributed by atoms with van der Waals surface area (Å²) in [7, 11) is 0. The van der Waals surface area contributed by atoms with Gasteiger partial charge in [-0.3, -0.25) is 0 Å². The molecular formula is C6H13. The van der Waals surface area contributed by atoms with Gasteiger partial charge in [0.05, 0.1) is 0 Å². The van der Waals surface area contributed by atoms with Crippen molar-refractivity contribution in [2.45, 2.75) is 26.7 Å². The SMILES string of the molecule is [CH2][C@H](C)CCC. The third kappa shape index (κ3) is 4.00. The standard InChI is InChI=1S/C6H13/c1-4-5-6(2)3/h6H,2,4-5H2,1,3H3/t6-/m1/s1. The molecule has 0 unspecified atom stereocenters. The molecule has 1 atom stereocenters. The Morgan fingerprint density at radius 3 is 2.17 bits per heavy atom. The molecule has 0 aromatic carbocycles. The maximum absolute atomic E-state index is 3.83. The van der Waals surface area contributed by atoms with E-state index in [1.54, 1.807) is 0 Å². The van der Waals surface area contributed by atoms with Crippen molar-refractivity contribution < 1.29 is 0 Å². The van der Waals surface area contributed by atoms with Crippen LogP contribution in [0.5, 0.6) is 0 Å². The van der Waals surface area contributed by atoms with Crippen molar-refractivity contribution in [3.8, 4) is 0 Å². The Kier molecular flexibility index (Phi) is 3.20. The van der Waals surface area contributed by atoms with Gasteiger partial charge in [-0.05, 0) is 5.92 Å². The van der Waals surface area contributed by atoms with Crippen LogP contribution in [0.15, 0.2) is 0 Å². The average molecular weight is 85.2 g/mol. The zero-order chi connectivity index (χ0) is 4.99. The largest absolute Gasteiger partial charge is 0.0654 e. The normalized spacial score (nSPS) is 10.0. The molecule has 0 aliphatic rings. The van der Waals surface area contributed by atoms with Gasteiger partial charge in [-0.2, -0.15) is 0 Å². The van der Waals surface area contributed by atoms with Crippen LogP contribution < -0.4 is 0 Å². The highest BCUT2D eigenvalue weighted by molar-refractivity contribution is 4.50. The fourth-order valence-electron chi connectivity index (χ4n) is 0.493. The Bertz CT molecular complexity index is 21.2. The van der Waals surface area contributed by atoms with Gasteiger partial charge in [0.15, 0.2) is 0 Å². The lowest BCUT2D eigenvalue weighted by molar-refractivity contribution is 0.630. The van der Waals surface area contributed by atoms with Gasteiger partial charge >= 0.3 is 0 Å². The van der Waals surface area contributed by atoms with E-state index in [1.165, 1.54) is 12.8 Å². The minimum Gasteiger partial charge on any atom is -0.0654 e. The summed E-state index contributed by atoms with van der Waals surface area (Å²) in [5, 5.41) is 0. The van der Waals surface area contributed by atoms with Gasteiger partial charge in [0.2, 0.25) is 0 Å². The van der Waals surface area contributed by atoms with Gasteiger partial charge in [0.25, 0.3) is 0 Å².